The molecule has 210 valence electrons. The number of hydrogen-bond donors (Lipinski definition) is 3. The molecule has 2 fully saturated rings. The van der Waals surface area contributed by atoms with Gasteiger partial charge in [-0.25, -0.2) is 4.90 Å². The van der Waals surface area contributed by atoms with E-state index in [2.05, 4.69) is 5.32 Å². The number of aromatic hydroxyl groups is 1. The molecule has 0 aromatic heterocycles. The van der Waals surface area contributed by atoms with Gasteiger partial charge >= 0.3 is 5.97 Å². The molecule has 12 nitrogen and oxygen atoms in total. The largest absolute Gasteiger partial charge is 0.504 e. The molecule has 2 heterocycles. The number of carbonyl (C=O) groups excluding carboxylic acids is 3. The lowest BCUT2D eigenvalue weighted by Gasteiger charge is -2.31. The normalized spacial score (nSPS) is 23.4. The van der Waals surface area contributed by atoms with E-state index in [-0.39, 0.29) is 35.1 Å². The Morgan fingerprint density at radius 3 is 2.27 bits per heavy atom. The lowest BCUT2D eigenvalue weighted by atomic mass is 9.76. The predicted octanol–water partition coefficient (Wildman–Crippen LogP) is 3.03. The molecule has 5 rings (SSSR count). The fourth-order valence-electron chi connectivity index (χ4n) is 5.77. The number of amides is 2. The van der Waals surface area contributed by atoms with Crippen LogP contribution in [0, 0.1) is 22.0 Å². The Labute approximate surface area is 233 Å². The molecular weight excluding hydrogens is 534 g/mol. The Kier molecular flexibility index (Phi) is 6.79. The van der Waals surface area contributed by atoms with Crippen molar-refractivity contribution in [1.82, 2.24) is 5.32 Å². The van der Waals surface area contributed by atoms with Crippen molar-refractivity contribution in [2.45, 2.75) is 24.9 Å². The minimum absolute atomic E-state index is 0.0949. The van der Waals surface area contributed by atoms with E-state index in [1.54, 1.807) is 0 Å². The number of fused-ring (bicyclic) bond motifs is 1. The number of imide groups is 1. The third kappa shape index (κ3) is 4.47. The first-order valence-corrected chi connectivity index (χ1v) is 12.6. The number of nitrogens with zero attached hydrogens (tertiary/aromatic N) is 2. The number of ether oxygens (including phenoxy) is 1. The summed E-state index contributed by atoms with van der Waals surface area (Å²) in [5, 5.41) is 34.9. The van der Waals surface area contributed by atoms with Gasteiger partial charge in [0, 0.05) is 30.2 Å². The summed E-state index contributed by atoms with van der Waals surface area (Å²) in [6.07, 6.45) is -0.261. The van der Waals surface area contributed by atoms with E-state index in [9.17, 15) is 39.5 Å². The second-order valence-electron chi connectivity index (χ2n) is 10.0. The van der Waals surface area contributed by atoms with Crippen LogP contribution in [0.25, 0.3) is 0 Å². The number of nitro benzene ring substituents is 1. The molecule has 2 aliphatic heterocycles. The second-order valence-corrected chi connectivity index (χ2v) is 10.0. The first-order chi connectivity index (χ1) is 19.5. The van der Waals surface area contributed by atoms with Gasteiger partial charge in [-0.2, -0.15) is 0 Å². The zero-order valence-corrected chi connectivity index (χ0v) is 21.9. The highest BCUT2D eigenvalue weighted by atomic mass is 16.6. The van der Waals surface area contributed by atoms with Crippen molar-refractivity contribution >= 4 is 34.9 Å². The summed E-state index contributed by atoms with van der Waals surface area (Å²) in [5.74, 6) is -5.54. The SMILES string of the molecule is COc1cc(C2NC(Cc3ccc([N+](=O)[O-])cc3)(C(=O)O)C3C(=O)N(c4ccc(C(C)=O)cc4)C(=O)C23)ccc1O. The number of benzene rings is 3. The van der Waals surface area contributed by atoms with E-state index >= 15 is 0 Å². The van der Waals surface area contributed by atoms with E-state index in [0.29, 0.717) is 16.7 Å². The summed E-state index contributed by atoms with van der Waals surface area (Å²) in [6, 6.07) is 14.5. The van der Waals surface area contributed by atoms with Crippen LogP contribution in [0.15, 0.2) is 66.7 Å². The van der Waals surface area contributed by atoms with Crippen molar-refractivity contribution < 1.29 is 39.1 Å². The zero-order chi connectivity index (χ0) is 29.6. The fourth-order valence-corrected chi connectivity index (χ4v) is 5.77. The fraction of sp³-hybridized carbons (Fsp3) is 0.241. The van der Waals surface area contributed by atoms with Crippen LogP contribution in [-0.2, 0) is 20.8 Å². The van der Waals surface area contributed by atoms with Gasteiger partial charge in [-0.15, -0.1) is 0 Å². The number of methoxy groups -OCH3 is 1. The highest BCUT2D eigenvalue weighted by Gasteiger charge is 2.68. The maximum Gasteiger partial charge on any atom is 0.325 e. The van der Waals surface area contributed by atoms with E-state index in [1.165, 1.54) is 80.8 Å². The predicted molar refractivity (Wildman–Crippen MR) is 144 cm³/mol. The van der Waals surface area contributed by atoms with Gasteiger partial charge < -0.3 is 14.9 Å². The van der Waals surface area contributed by atoms with E-state index in [1.807, 2.05) is 0 Å². The molecule has 0 bridgehead atoms. The third-order valence-corrected chi connectivity index (χ3v) is 7.76. The van der Waals surface area contributed by atoms with E-state index in [4.69, 9.17) is 4.74 Å². The molecule has 3 N–H and O–H groups in total. The number of phenols is 1. The standard InChI is InChI=1S/C29H25N3O9/c1-15(33)17-5-10-19(11-6-17)31-26(35)23-24(27(31)36)29(28(37)38,14-16-3-8-20(9-4-16)32(39)40)30-25(23)18-7-12-21(34)22(13-18)41-2/h3-13,23-25,30,34H,14H2,1-2H3,(H,37,38). The number of carboxylic acids is 1. The minimum atomic E-state index is -1.97. The number of ketones is 1. The molecule has 0 spiro atoms. The molecule has 2 saturated heterocycles. The number of nitrogens with one attached hydrogen (secondary N) is 1. The number of nitro groups is 1. The van der Waals surface area contributed by atoms with Crippen molar-refractivity contribution in [1.29, 1.82) is 0 Å². The highest BCUT2D eigenvalue weighted by Crippen LogP contribution is 2.51. The first-order valence-electron chi connectivity index (χ1n) is 12.6. The number of anilines is 1. The van der Waals surface area contributed by atoms with Crippen molar-refractivity contribution in [2.24, 2.45) is 11.8 Å². The zero-order valence-electron chi connectivity index (χ0n) is 21.9. The highest BCUT2D eigenvalue weighted by molar-refractivity contribution is 6.24. The van der Waals surface area contributed by atoms with Crippen LogP contribution in [0.4, 0.5) is 11.4 Å². The summed E-state index contributed by atoms with van der Waals surface area (Å²) in [5.41, 5.74) is -0.777. The molecule has 3 aromatic carbocycles. The van der Waals surface area contributed by atoms with Gasteiger partial charge in [0.15, 0.2) is 17.3 Å². The van der Waals surface area contributed by atoms with Crippen molar-refractivity contribution in [3.8, 4) is 11.5 Å². The van der Waals surface area contributed by atoms with Crippen LogP contribution >= 0.6 is 0 Å². The Balaban J connectivity index is 1.64. The summed E-state index contributed by atoms with van der Waals surface area (Å²) in [4.78, 5) is 64.3. The van der Waals surface area contributed by atoms with Gasteiger partial charge in [0.2, 0.25) is 11.8 Å². The number of Topliss-reactive ketones (excluding diaryl/α,β-unsaturated/α-hetero) is 1. The first kappa shape index (κ1) is 27.5. The molecule has 0 saturated carbocycles. The third-order valence-electron chi connectivity index (χ3n) is 7.76. The van der Waals surface area contributed by atoms with Crippen molar-refractivity contribution in [2.75, 3.05) is 12.0 Å². The van der Waals surface area contributed by atoms with E-state index < -0.39 is 46.1 Å². The van der Waals surface area contributed by atoms with Crippen LogP contribution in [0.3, 0.4) is 0 Å². The Morgan fingerprint density at radius 1 is 1.05 bits per heavy atom. The molecule has 41 heavy (non-hydrogen) atoms. The topological polar surface area (TPSA) is 176 Å². The number of hydrogen-bond acceptors (Lipinski definition) is 9. The van der Waals surface area contributed by atoms with Gasteiger partial charge in [0.25, 0.3) is 5.69 Å². The van der Waals surface area contributed by atoms with Crippen LogP contribution in [0.5, 0.6) is 11.5 Å². The van der Waals surface area contributed by atoms with Gasteiger partial charge in [0.1, 0.15) is 5.54 Å². The van der Waals surface area contributed by atoms with E-state index in [0.717, 1.165) is 4.90 Å². The molecule has 0 radical (unpaired) electrons. The van der Waals surface area contributed by atoms with Gasteiger partial charge in [-0.1, -0.05) is 18.2 Å². The molecule has 3 aromatic rings. The Morgan fingerprint density at radius 2 is 1.71 bits per heavy atom. The average molecular weight is 560 g/mol. The Hall–Kier alpha value is -5.10. The number of rotatable bonds is 8. The number of carboxylic acid groups (broad SMARTS) is 1. The molecular formula is C29H25N3O9. The van der Waals surface area contributed by atoms with Gasteiger partial charge in [-0.05, 0) is 54.4 Å². The van der Waals surface area contributed by atoms with Crippen LogP contribution in [-0.4, -0.2) is 51.4 Å². The van der Waals surface area contributed by atoms with Crippen LogP contribution < -0.4 is 15.0 Å². The van der Waals surface area contributed by atoms with Crippen molar-refractivity contribution in [3.63, 3.8) is 0 Å². The Bertz CT molecular complexity index is 1590. The molecule has 12 heteroatoms. The molecule has 2 aliphatic rings. The quantitative estimate of drug-likeness (QED) is 0.161. The average Bonchev–Trinajstić information content (AvgIpc) is 3.43. The van der Waals surface area contributed by atoms with Gasteiger partial charge in [0.05, 0.1) is 29.6 Å². The molecule has 4 unspecified atom stereocenters. The van der Waals surface area contributed by atoms with Gasteiger partial charge in [-0.3, -0.25) is 34.6 Å². The lowest BCUT2D eigenvalue weighted by molar-refractivity contribution is -0.384. The number of non-ortho nitro benzene ring substituents is 1. The molecule has 2 amide bonds. The number of aliphatic carboxylic acids is 1. The summed E-state index contributed by atoms with van der Waals surface area (Å²) in [7, 11) is 1.34. The molecule has 0 aliphatic carbocycles. The smallest absolute Gasteiger partial charge is 0.325 e. The van der Waals surface area contributed by atoms with Crippen LogP contribution in [0.2, 0.25) is 0 Å². The number of carbonyl (C=O) groups is 4. The monoisotopic (exact) mass is 559 g/mol. The maximum absolute atomic E-state index is 14.0. The minimum Gasteiger partial charge on any atom is -0.504 e. The molecule has 4 atom stereocenters. The van der Waals surface area contributed by atoms with Crippen molar-refractivity contribution in [3.05, 3.63) is 93.5 Å². The summed E-state index contributed by atoms with van der Waals surface area (Å²) < 4.78 is 5.21. The number of phenolic OH excluding ortho intramolecular Hbond substituents is 1. The van der Waals surface area contributed by atoms with Crippen LogP contribution in [0.1, 0.15) is 34.5 Å². The maximum atomic E-state index is 14.0. The summed E-state index contributed by atoms with van der Waals surface area (Å²) in [6.45, 7) is 1.38. The second kappa shape index (κ2) is 10.1. The lowest BCUT2D eigenvalue weighted by Crippen LogP contribution is -2.57. The summed E-state index contributed by atoms with van der Waals surface area (Å²) >= 11 is 0.